The zero-order chi connectivity index (χ0) is 16.0. The predicted octanol–water partition coefficient (Wildman–Crippen LogP) is 3.08. The van der Waals surface area contributed by atoms with E-state index >= 15 is 0 Å². The van der Waals surface area contributed by atoms with E-state index in [9.17, 15) is 14.3 Å². The molecule has 0 saturated heterocycles. The summed E-state index contributed by atoms with van der Waals surface area (Å²) >= 11 is 0. The maximum atomic E-state index is 14.5. The lowest BCUT2D eigenvalue weighted by Crippen LogP contribution is -2.20. The summed E-state index contributed by atoms with van der Waals surface area (Å²) in [6.07, 6.45) is 6.39. The Morgan fingerprint density at radius 1 is 1.30 bits per heavy atom. The van der Waals surface area contributed by atoms with Gasteiger partial charge in [-0.1, -0.05) is 0 Å². The number of halogens is 1. The topological polar surface area (TPSA) is 80.0 Å². The first kappa shape index (κ1) is 14.2. The minimum absolute atomic E-state index is 0.0144. The van der Waals surface area contributed by atoms with E-state index in [0.717, 1.165) is 32.1 Å². The van der Waals surface area contributed by atoms with Crippen molar-refractivity contribution in [2.24, 2.45) is 0 Å². The van der Waals surface area contributed by atoms with E-state index in [1.807, 2.05) is 0 Å². The Bertz CT molecular complexity index is 765. The summed E-state index contributed by atoms with van der Waals surface area (Å²) in [6.45, 7) is 0. The van der Waals surface area contributed by atoms with Crippen LogP contribution in [0.1, 0.15) is 48.5 Å². The molecule has 2 aliphatic carbocycles. The highest BCUT2D eigenvalue weighted by molar-refractivity contribution is 5.94. The van der Waals surface area contributed by atoms with Crippen molar-refractivity contribution in [2.75, 3.05) is 5.32 Å². The van der Waals surface area contributed by atoms with Crippen molar-refractivity contribution in [3.63, 3.8) is 0 Å². The number of aromatic carboxylic acids is 1. The second-order valence-corrected chi connectivity index (χ2v) is 6.19. The number of aromatic nitrogens is 3. The van der Waals surface area contributed by atoms with Gasteiger partial charge in [0.05, 0.1) is 23.5 Å². The van der Waals surface area contributed by atoms with E-state index in [1.54, 1.807) is 16.8 Å². The number of carboxylic acids is 1. The maximum Gasteiger partial charge on any atom is 0.339 e. The third kappa shape index (κ3) is 2.56. The SMILES string of the molecule is O=C(O)c1cnn(C2CCC2)c1-c1ccc(NC2CC2)nc1F. The summed E-state index contributed by atoms with van der Waals surface area (Å²) in [7, 11) is 0. The summed E-state index contributed by atoms with van der Waals surface area (Å²) in [6, 6.07) is 3.80. The molecule has 2 N–H and O–H groups in total. The van der Waals surface area contributed by atoms with E-state index < -0.39 is 11.9 Å². The van der Waals surface area contributed by atoms with Gasteiger partial charge in [-0.25, -0.2) is 9.78 Å². The van der Waals surface area contributed by atoms with Gasteiger partial charge in [-0.2, -0.15) is 9.49 Å². The van der Waals surface area contributed by atoms with Crippen LogP contribution >= 0.6 is 0 Å². The minimum atomic E-state index is -1.11. The fourth-order valence-electron chi connectivity index (χ4n) is 2.82. The van der Waals surface area contributed by atoms with Crippen LogP contribution < -0.4 is 5.32 Å². The lowest BCUT2D eigenvalue weighted by atomic mass is 9.92. The number of pyridine rings is 1. The molecule has 0 spiro atoms. The molecule has 2 aromatic heterocycles. The van der Waals surface area contributed by atoms with E-state index in [1.165, 1.54) is 6.20 Å². The molecule has 7 heteroatoms. The molecule has 4 rings (SSSR count). The first-order valence-corrected chi connectivity index (χ1v) is 7.87. The van der Waals surface area contributed by atoms with Gasteiger partial charge in [0, 0.05) is 6.04 Å². The fourth-order valence-corrected chi connectivity index (χ4v) is 2.82. The number of hydrogen-bond acceptors (Lipinski definition) is 4. The Morgan fingerprint density at radius 3 is 2.65 bits per heavy atom. The fraction of sp³-hybridized carbons (Fsp3) is 0.438. The molecule has 2 fully saturated rings. The Hall–Kier alpha value is -2.44. The number of nitrogens with zero attached hydrogens (tertiary/aromatic N) is 3. The molecule has 6 nitrogen and oxygen atoms in total. The second-order valence-electron chi connectivity index (χ2n) is 6.19. The lowest BCUT2D eigenvalue weighted by molar-refractivity contribution is 0.0697. The predicted molar refractivity (Wildman–Crippen MR) is 81.9 cm³/mol. The van der Waals surface area contributed by atoms with Gasteiger partial charge >= 0.3 is 5.97 Å². The summed E-state index contributed by atoms with van der Waals surface area (Å²) in [4.78, 5) is 15.4. The van der Waals surface area contributed by atoms with Crippen LogP contribution in [0, 0.1) is 5.95 Å². The third-order valence-electron chi connectivity index (χ3n) is 4.48. The molecule has 0 unspecified atom stereocenters. The largest absolute Gasteiger partial charge is 0.478 e. The van der Waals surface area contributed by atoms with Crippen LogP contribution in [-0.2, 0) is 0 Å². The molecule has 2 aliphatic rings. The van der Waals surface area contributed by atoms with Gasteiger partial charge in [-0.3, -0.25) is 4.68 Å². The molecule has 0 aromatic carbocycles. The van der Waals surface area contributed by atoms with Crippen molar-refractivity contribution < 1.29 is 14.3 Å². The van der Waals surface area contributed by atoms with E-state index in [4.69, 9.17) is 0 Å². The number of nitrogens with one attached hydrogen (secondary N) is 1. The van der Waals surface area contributed by atoms with Crippen molar-refractivity contribution in [3.8, 4) is 11.3 Å². The molecule has 120 valence electrons. The third-order valence-corrected chi connectivity index (χ3v) is 4.48. The van der Waals surface area contributed by atoms with Crippen molar-refractivity contribution in [3.05, 3.63) is 29.8 Å². The van der Waals surface area contributed by atoms with Crippen LogP contribution in [0.15, 0.2) is 18.3 Å². The first-order chi connectivity index (χ1) is 11.1. The van der Waals surface area contributed by atoms with Gasteiger partial charge < -0.3 is 10.4 Å². The van der Waals surface area contributed by atoms with Gasteiger partial charge in [-0.15, -0.1) is 0 Å². The van der Waals surface area contributed by atoms with Crippen LogP contribution in [0.3, 0.4) is 0 Å². The summed E-state index contributed by atoms with van der Waals surface area (Å²) in [5.41, 5.74) is 0.513. The van der Waals surface area contributed by atoms with E-state index in [-0.39, 0.29) is 17.2 Å². The number of carbonyl (C=O) groups is 1. The molecule has 2 saturated carbocycles. The molecule has 0 aliphatic heterocycles. The first-order valence-electron chi connectivity index (χ1n) is 7.87. The van der Waals surface area contributed by atoms with Gasteiger partial charge in [0.15, 0.2) is 0 Å². The molecule has 23 heavy (non-hydrogen) atoms. The van der Waals surface area contributed by atoms with Crippen LogP contribution in [0.2, 0.25) is 0 Å². The Kier molecular flexibility index (Phi) is 3.28. The van der Waals surface area contributed by atoms with E-state index in [0.29, 0.717) is 17.6 Å². The van der Waals surface area contributed by atoms with Gasteiger partial charge in [0.2, 0.25) is 5.95 Å². The highest BCUT2D eigenvalue weighted by Crippen LogP contribution is 2.37. The number of rotatable bonds is 5. The van der Waals surface area contributed by atoms with Gasteiger partial charge in [0.25, 0.3) is 0 Å². The molecular weight excluding hydrogens is 299 g/mol. The van der Waals surface area contributed by atoms with Crippen LogP contribution in [-0.4, -0.2) is 31.9 Å². The molecule has 0 amide bonds. The highest BCUT2D eigenvalue weighted by Gasteiger charge is 2.29. The monoisotopic (exact) mass is 316 g/mol. The Morgan fingerprint density at radius 2 is 2.09 bits per heavy atom. The normalized spacial score (nSPS) is 17.8. The molecular formula is C16H17FN4O2. The van der Waals surface area contributed by atoms with Crippen molar-refractivity contribution >= 4 is 11.8 Å². The van der Waals surface area contributed by atoms with Crippen LogP contribution in [0.4, 0.5) is 10.2 Å². The van der Waals surface area contributed by atoms with Crippen molar-refractivity contribution in [1.82, 2.24) is 14.8 Å². The number of carboxylic acid groups (broad SMARTS) is 1. The van der Waals surface area contributed by atoms with Crippen LogP contribution in [0.25, 0.3) is 11.3 Å². The highest BCUT2D eigenvalue weighted by atomic mass is 19.1. The molecule has 2 aromatic rings. The Labute approximate surface area is 132 Å². The number of hydrogen-bond donors (Lipinski definition) is 2. The van der Waals surface area contributed by atoms with Gasteiger partial charge in [0.1, 0.15) is 11.4 Å². The average molecular weight is 316 g/mol. The quantitative estimate of drug-likeness (QED) is 0.829. The van der Waals surface area contributed by atoms with E-state index in [2.05, 4.69) is 15.4 Å². The molecule has 0 bridgehead atoms. The maximum absolute atomic E-state index is 14.5. The standard InChI is InChI=1S/C16H17FN4O2/c17-15-11(6-7-13(20-15)19-9-4-5-9)14-12(16(22)23)8-18-21(14)10-2-1-3-10/h6-10H,1-5H2,(H,19,20)(H,22,23). The second kappa shape index (κ2) is 5.33. The molecule has 0 atom stereocenters. The molecule has 2 heterocycles. The number of anilines is 1. The zero-order valence-corrected chi connectivity index (χ0v) is 12.5. The lowest BCUT2D eigenvalue weighted by Gasteiger charge is -2.27. The summed E-state index contributed by atoms with van der Waals surface area (Å²) in [5.74, 6) is -1.29. The van der Waals surface area contributed by atoms with Crippen molar-refractivity contribution in [1.29, 1.82) is 0 Å². The average Bonchev–Trinajstić information content (AvgIpc) is 3.15. The van der Waals surface area contributed by atoms with Crippen LogP contribution in [0.5, 0.6) is 0 Å². The van der Waals surface area contributed by atoms with Crippen molar-refractivity contribution in [2.45, 2.75) is 44.2 Å². The summed E-state index contributed by atoms with van der Waals surface area (Å²) in [5, 5.41) is 16.7. The summed E-state index contributed by atoms with van der Waals surface area (Å²) < 4.78 is 16.1. The van der Waals surface area contributed by atoms with Gasteiger partial charge in [-0.05, 0) is 44.2 Å². The minimum Gasteiger partial charge on any atom is -0.478 e. The Balaban J connectivity index is 1.76. The smallest absolute Gasteiger partial charge is 0.339 e. The zero-order valence-electron chi connectivity index (χ0n) is 12.5. The molecule has 0 radical (unpaired) electrons.